The van der Waals surface area contributed by atoms with E-state index in [4.69, 9.17) is 34.1 Å². The number of anilines is 8. The zero-order chi connectivity index (χ0) is 36.3. The number of hydrogen-bond acceptors (Lipinski definition) is 12. The molecule has 0 saturated heterocycles. The van der Waals surface area contributed by atoms with Crippen molar-refractivity contribution >= 4 is 46.4 Å². The molecule has 51 heavy (non-hydrogen) atoms. The first kappa shape index (κ1) is 36.4. The van der Waals surface area contributed by atoms with Gasteiger partial charge in [-0.2, -0.15) is 15.0 Å². The second-order valence-electron chi connectivity index (χ2n) is 11.5. The van der Waals surface area contributed by atoms with Gasteiger partial charge in [0.25, 0.3) is 0 Å². The van der Waals surface area contributed by atoms with Crippen molar-refractivity contribution in [1.29, 1.82) is 0 Å². The van der Waals surface area contributed by atoms with Crippen LogP contribution in [-0.2, 0) is 0 Å². The monoisotopic (exact) mass is 695 g/mol. The molecule has 0 unspecified atom stereocenters. The second-order valence-corrected chi connectivity index (χ2v) is 11.5. The zero-order valence-corrected chi connectivity index (χ0v) is 30.3. The Morgan fingerprint density at radius 3 is 1.86 bits per heavy atom. The van der Waals surface area contributed by atoms with Gasteiger partial charge in [-0.05, 0) is 88.4 Å². The minimum absolute atomic E-state index is 0.158. The van der Waals surface area contributed by atoms with Crippen molar-refractivity contribution in [2.24, 2.45) is 0 Å². The number of rotatable bonds is 17. The average Bonchev–Trinajstić information content (AvgIpc) is 3.14. The van der Waals surface area contributed by atoms with Gasteiger partial charge in [-0.25, -0.2) is 9.37 Å². The van der Waals surface area contributed by atoms with Crippen LogP contribution in [0.15, 0.2) is 78.9 Å². The molecule has 0 amide bonds. The summed E-state index contributed by atoms with van der Waals surface area (Å²) in [6.07, 6.45) is 0. The molecule has 0 fully saturated rings. The van der Waals surface area contributed by atoms with Crippen LogP contribution in [0.4, 0.5) is 50.8 Å². The fraction of sp³-hybridized carbons (Fsp3) is 0.316. The minimum atomic E-state index is -0.482. The van der Waals surface area contributed by atoms with Crippen molar-refractivity contribution in [3.8, 4) is 17.2 Å². The highest BCUT2D eigenvalue weighted by molar-refractivity contribution is 5.66. The molecule has 3 aromatic carbocycles. The summed E-state index contributed by atoms with van der Waals surface area (Å²) in [6.45, 7) is 11.7. The van der Waals surface area contributed by atoms with Crippen molar-refractivity contribution in [2.45, 2.75) is 27.7 Å². The van der Waals surface area contributed by atoms with Gasteiger partial charge in [-0.1, -0.05) is 0 Å². The third-order valence-corrected chi connectivity index (χ3v) is 8.32. The van der Waals surface area contributed by atoms with Crippen molar-refractivity contribution in [2.75, 3.05) is 79.4 Å². The van der Waals surface area contributed by atoms with Crippen LogP contribution in [0.2, 0.25) is 0 Å². The summed E-state index contributed by atoms with van der Waals surface area (Å²) in [4.78, 5) is 26.0. The van der Waals surface area contributed by atoms with E-state index >= 15 is 0 Å². The van der Waals surface area contributed by atoms with Crippen LogP contribution in [0.3, 0.4) is 0 Å². The van der Waals surface area contributed by atoms with Crippen LogP contribution in [-0.4, -0.2) is 74.0 Å². The van der Waals surface area contributed by atoms with Crippen LogP contribution in [0.1, 0.15) is 26.5 Å². The average molecular weight is 696 g/mol. The number of likely N-dealkylation sites (N-methyl/N-ethyl adjacent to an activating group) is 1. The summed E-state index contributed by atoms with van der Waals surface area (Å²) in [7, 11) is 4.71. The molecular weight excluding hydrogens is 649 g/mol. The lowest BCUT2D eigenvalue weighted by atomic mass is 10.2. The number of nitrogens with one attached hydrogen (secondary N) is 2. The summed E-state index contributed by atoms with van der Waals surface area (Å²) >= 11 is 0. The largest absolute Gasteiger partial charge is 0.497 e. The first-order valence-electron chi connectivity index (χ1n) is 16.9. The SMILES string of the molecule is CCN(CCN(c1ccc(OC)cc1)c1nc(C)cc(N(CC)CC)n1)c1cc(Nc2ccc(OC)c(F)c2)nc(Nc2ccc(OC)cc2)n1. The van der Waals surface area contributed by atoms with E-state index in [-0.39, 0.29) is 5.75 Å². The predicted molar refractivity (Wildman–Crippen MR) is 203 cm³/mol. The maximum Gasteiger partial charge on any atom is 0.232 e. The number of methoxy groups -OCH3 is 3. The lowest BCUT2D eigenvalue weighted by Gasteiger charge is -2.29. The van der Waals surface area contributed by atoms with Crippen LogP contribution in [0, 0.1) is 12.7 Å². The van der Waals surface area contributed by atoms with Gasteiger partial charge in [0.1, 0.15) is 29.0 Å². The van der Waals surface area contributed by atoms with E-state index in [1.54, 1.807) is 26.4 Å². The van der Waals surface area contributed by atoms with Gasteiger partial charge in [0.2, 0.25) is 11.9 Å². The molecule has 2 aromatic heterocycles. The normalized spacial score (nSPS) is 10.7. The Morgan fingerprint density at radius 2 is 1.25 bits per heavy atom. The smallest absolute Gasteiger partial charge is 0.232 e. The molecule has 13 heteroatoms. The molecule has 0 radical (unpaired) electrons. The lowest BCUT2D eigenvalue weighted by Crippen LogP contribution is -2.35. The van der Waals surface area contributed by atoms with E-state index in [1.165, 1.54) is 13.2 Å². The van der Waals surface area contributed by atoms with Gasteiger partial charge in [0.15, 0.2) is 11.6 Å². The number of benzene rings is 3. The summed E-state index contributed by atoms with van der Waals surface area (Å²) < 4.78 is 30.5. The molecule has 2 N–H and O–H groups in total. The zero-order valence-electron chi connectivity index (χ0n) is 30.3. The van der Waals surface area contributed by atoms with E-state index in [0.29, 0.717) is 48.9 Å². The highest BCUT2D eigenvalue weighted by Gasteiger charge is 2.19. The Balaban J connectivity index is 1.49. The molecule has 5 rings (SSSR count). The standard InChI is InChI=1S/C38H46FN9O3/c1-8-46(9-2)35-23-26(4)40-38(45-35)48(29-14-18-31(50-6)19-15-29)22-21-47(10-3)36-25-34(41-28-13-20-33(51-7)32(39)24-28)43-37(44-36)42-27-11-16-30(49-5)17-12-27/h11-20,23-25H,8-10,21-22H2,1-7H3,(H2,41,42,43,44). The molecule has 0 aliphatic heterocycles. The highest BCUT2D eigenvalue weighted by atomic mass is 19.1. The number of nitrogens with zero attached hydrogens (tertiary/aromatic N) is 7. The number of aryl methyl sites for hydroxylation is 1. The third kappa shape index (κ3) is 9.24. The summed E-state index contributed by atoms with van der Waals surface area (Å²) in [6, 6.07) is 23.9. The fourth-order valence-corrected chi connectivity index (χ4v) is 5.54. The topological polar surface area (TPSA) is 113 Å². The van der Waals surface area contributed by atoms with Gasteiger partial charge >= 0.3 is 0 Å². The van der Waals surface area contributed by atoms with Gasteiger partial charge in [0.05, 0.1) is 21.3 Å². The number of hydrogen-bond donors (Lipinski definition) is 2. The molecule has 0 aliphatic rings. The van der Waals surface area contributed by atoms with Crippen LogP contribution < -0.4 is 39.5 Å². The molecule has 5 aromatic rings. The fourth-order valence-electron chi connectivity index (χ4n) is 5.54. The molecular formula is C38H46FN9O3. The molecule has 0 aliphatic carbocycles. The summed E-state index contributed by atoms with van der Waals surface area (Å²) in [5.41, 5.74) is 3.10. The molecule has 12 nitrogen and oxygen atoms in total. The Labute approximate surface area is 299 Å². The van der Waals surface area contributed by atoms with Crippen LogP contribution in [0.25, 0.3) is 0 Å². The highest BCUT2D eigenvalue weighted by Crippen LogP contribution is 2.29. The van der Waals surface area contributed by atoms with Crippen molar-refractivity contribution in [3.63, 3.8) is 0 Å². The van der Waals surface area contributed by atoms with Gasteiger partial charge in [-0.3, -0.25) is 0 Å². The van der Waals surface area contributed by atoms with E-state index in [2.05, 4.69) is 46.1 Å². The minimum Gasteiger partial charge on any atom is -0.497 e. The van der Waals surface area contributed by atoms with Gasteiger partial charge < -0.3 is 39.5 Å². The van der Waals surface area contributed by atoms with Crippen molar-refractivity contribution in [3.05, 3.63) is 90.4 Å². The molecule has 2 heterocycles. The van der Waals surface area contributed by atoms with Crippen molar-refractivity contribution in [1.82, 2.24) is 19.9 Å². The second kappa shape index (κ2) is 17.2. The molecule has 268 valence electrons. The van der Waals surface area contributed by atoms with Gasteiger partial charge in [-0.15, -0.1) is 0 Å². The number of aromatic nitrogens is 4. The Morgan fingerprint density at radius 1 is 0.627 bits per heavy atom. The Kier molecular flexibility index (Phi) is 12.3. The van der Waals surface area contributed by atoms with E-state index in [0.717, 1.165) is 47.5 Å². The Bertz CT molecular complexity index is 1870. The Hall–Kier alpha value is -5.85. The summed E-state index contributed by atoms with van der Waals surface area (Å²) in [5.74, 6) is 4.18. The third-order valence-electron chi connectivity index (χ3n) is 8.32. The molecule has 0 spiro atoms. The maximum absolute atomic E-state index is 14.6. The quantitative estimate of drug-likeness (QED) is 0.0992. The van der Waals surface area contributed by atoms with Gasteiger partial charge in [0, 0.05) is 73.7 Å². The number of ether oxygens (including phenoxy) is 3. The van der Waals surface area contributed by atoms with Crippen LogP contribution in [0.5, 0.6) is 17.2 Å². The van der Waals surface area contributed by atoms with E-state index in [1.807, 2.05) is 67.6 Å². The first-order chi connectivity index (χ1) is 24.8. The lowest BCUT2D eigenvalue weighted by molar-refractivity contribution is 0.386. The van der Waals surface area contributed by atoms with Crippen molar-refractivity contribution < 1.29 is 18.6 Å². The first-order valence-corrected chi connectivity index (χ1v) is 16.9. The molecule has 0 saturated carbocycles. The predicted octanol–water partition coefficient (Wildman–Crippen LogP) is 7.74. The molecule has 0 atom stereocenters. The summed E-state index contributed by atoms with van der Waals surface area (Å²) in [5, 5.41) is 6.55. The van der Waals surface area contributed by atoms with Crippen LogP contribution >= 0.6 is 0 Å². The number of halogens is 1. The van der Waals surface area contributed by atoms with E-state index in [9.17, 15) is 4.39 Å². The molecule has 0 bridgehead atoms. The van der Waals surface area contributed by atoms with E-state index < -0.39 is 5.82 Å². The maximum atomic E-state index is 14.6.